The molecule has 2 atom stereocenters. The predicted molar refractivity (Wildman–Crippen MR) is 84.6 cm³/mol. The van der Waals surface area contributed by atoms with Crippen LogP contribution < -0.4 is 15.6 Å². The first-order valence-corrected chi connectivity index (χ1v) is 7.57. The molecule has 2 heterocycles. The van der Waals surface area contributed by atoms with E-state index in [0.29, 0.717) is 29.6 Å². The highest BCUT2D eigenvalue weighted by Crippen LogP contribution is 2.16. The van der Waals surface area contributed by atoms with E-state index in [4.69, 9.17) is 4.74 Å². The Kier molecular flexibility index (Phi) is 4.40. The van der Waals surface area contributed by atoms with Crippen LogP contribution in [0.15, 0.2) is 29.3 Å². The van der Waals surface area contributed by atoms with E-state index in [-0.39, 0.29) is 17.9 Å². The molecule has 2 aromatic rings. The van der Waals surface area contributed by atoms with Gasteiger partial charge in [-0.3, -0.25) is 14.2 Å². The molecule has 0 aliphatic carbocycles. The summed E-state index contributed by atoms with van der Waals surface area (Å²) >= 11 is 0. The molecule has 0 radical (unpaired) electrons. The van der Waals surface area contributed by atoms with Gasteiger partial charge in [0, 0.05) is 6.07 Å². The number of ketones is 1. The first kappa shape index (κ1) is 15.6. The highest BCUT2D eigenvalue weighted by atomic mass is 16.5. The predicted octanol–water partition coefficient (Wildman–Crippen LogP) is 0.0871. The smallest absolute Gasteiger partial charge is 0.261 e. The molecular formula is C16H19N3O4. The third-order valence-electron chi connectivity index (χ3n) is 4.13. The topological polar surface area (TPSA) is 93.5 Å². The summed E-state index contributed by atoms with van der Waals surface area (Å²) in [6, 6.07) is 4.37. The molecule has 1 fully saturated rings. The number of carbonyl (C=O) groups excluding carboxylic acids is 1. The standard InChI is InChI=1S/C16H19N3O4/c1-23-10-4-5-11-12(7-10)18-9-19(16(11)22)8-14(21)15-13(20)3-2-6-17-15/h4-5,7,9,13,15,17,20H,2-3,6,8H2,1H3/t13-,15-/m0/s1. The summed E-state index contributed by atoms with van der Waals surface area (Å²) in [5.41, 5.74) is 0.241. The van der Waals surface area contributed by atoms with Crippen LogP contribution in [-0.2, 0) is 11.3 Å². The lowest BCUT2D eigenvalue weighted by atomic mass is 9.98. The molecule has 7 nitrogen and oxygen atoms in total. The van der Waals surface area contributed by atoms with Crippen LogP contribution >= 0.6 is 0 Å². The van der Waals surface area contributed by atoms with Crippen molar-refractivity contribution in [3.05, 3.63) is 34.9 Å². The summed E-state index contributed by atoms with van der Waals surface area (Å²) in [5, 5.41) is 13.4. The fraction of sp³-hybridized carbons (Fsp3) is 0.438. The molecule has 0 bridgehead atoms. The summed E-state index contributed by atoms with van der Waals surface area (Å²) in [4.78, 5) is 29.0. The van der Waals surface area contributed by atoms with Gasteiger partial charge in [0.25, 0.3) is 5.56 Å². The van der Waals surface area contributed by atoms with Crippen molar-refractivity contribution in [2.75, 3.05) is 13.7 Å². The minimum atomic E-state index is -0.704. The number of aliphatic hydroxyl groups is 1. The molecule has 0 spiro atoms. The van der Waals surface area contributed by atoms with Crippen molar-refractivity contribution in [1.29, 1.82) is 0 Å². The molecule has 23 heavy (non-hydrogen) atoms. The molecule has 0 unspecified atom stereocenters. The summed E-state index contributed by atoms with van der Waals surface area (Å²) in [5.74, 6) is 0.404. The summed E-state index contributed by atoms with van der Waals surface area (Å²) in [7, 11) is 1.55. The van der Waals surface area contributed by atoms with Crippen molar-refractivity contribution in [3.63, 3.8) is 0 Å². The van der Waals surface area contributed by atoms with Gasteiger partial charge < -0.3 is 15.2 Å². The van der Waals surface area contributed by atoms with Crippen molar-refractivity contribution in [2.24, 2.45) is 0 Å². The Hall–Kier alpha value is -2.25. The van der Waals surface area contributed by atoms with Crippen molar-refractivity contribution in [1.82, 2.24) is 14.9 Å². The van der Waals surface area contributed by atoms with Crippen LogP contribution in [0.5, 0.6) is 5.75 Å². The molecule has 1 saturated heterocycles. The Balaban J connectivity index is 1.87. The first-order chi connectivity index (χ1) is 11.1. The Bertz CT molecular complexity index is 786. The zero-order valence-electron chi connectivity index (χ0n) is 12.9. The van der Waals surface area contributed by atoms with Crippen LogP contribution in [0.3, 0.4) is 0 Å². The zero-order chi connectivity index (χ0) is 16.4. The van der Waals surface area contributed by atoms with Gasteiger partial charge in [0.05, 0.1) is 43.0 Å². The highest BCUT2D eigenvalue weighted by molar-refractivity contribution is 5.85. The van der Waals surface area contributed by atoms with Gasteiger partial charge >= 0.3 is 0 Å². The third-order valence-corrected chi connectivity index (χ3v) is 4.13. The maximum atomic E-state index is 12.5. The number of Topliss-reactive ketones (excluding diaryl/α,β-unsaturated/α-hetero) is 1. The van der Waals surface area contributed by atoms with E-state index in [1.165, 1.54) is 10.9 Å². The molecular weight excluding hydrogens is 298 g/mol. The molecule has 7 heteroatoms. The van der Waals surface area contributed by atoms with Crippen molar-refractivity contribution < 1.29 is 14.6 Å². The molecule has 0 amide bonds. The number of hydrogen-bond acceptors (Lipinski definition) is 6. The molecule has 2 N–H and O–H groups in total. The van der Waals surface area contributed by atoms with E-state index < -0.39 is 12.1 Å². The van der Waals surface area contributed by atoms with Gasteiger partial charge in [-0.25, -0.2) is 4.98 Å². The number of methoxy groups -OCH3 is 1. The summed E-state index contributed by atoms with van der Waals surface area (Å²) in [6.07, 6.45) is 2.08. The average molecular weight is 317 g/mol. The number of benzene rings is 1. The number of aromatic nitrogens is 2. The number of fused-ring (bicyclic) bond motifs is 1. The van der Waals surface area contributed by atoms with E-state index in [9.17, 15) is 14.7 Å². The number of carbonyl (C=O) groups is 1. The number of aliphatic hydroxyl groups excluding tert-OH is 1. The van der Waals surface area contributed by atoms with Crippen LogP contribution in [0.2, 0.25) is 0 Å². The van der Waals surface area contributed by atoms with Crippen LogP contribution in [0.4, 0.5) is 0 Å². The second kappa shape index (κ2) is 6.47. The van der Waals surface area contributed by atoms with Gasteiger partial charge in [0.15, 0.2) is 5.78 Å². The minimum absolute atomic E-state index is 0.109. The third kappa shape index (κ3) is 3.11. The van der Waals surface area contributed by atoms with Crippen LogP contribution in [0, 0.1) is 0 Å². The number of rotatable bonds is 4. The molecule has 1 aliphatic heterocycles. The van der Waals surface area contributed by atoms with Gasteiger partial charge in [-0.2, -0.15) is 0 Å². The van der Waals surface area contributed by atoms with Gasteiger partial charge in [0.1, 0.15) is 5.75 Å². The lowest BCUT2D eigenvalue weighted by Gasteiger charge is -2.27. The second-order valence-electron chi connectivity index (χ2n) is 5.67. The summed E-state index contributed by atoms with van der Waals surface area (Å²) < 4.78 is 6.39. The normalized spacial score (nSPS) is 21.3. The minimum Gasteiger partial charge on any atom is -0.497 e. The largest absolute Gasteiger partial charge is 0.497 e. The summed E-state index contributed by atoms with van der Waals surface area (Å²) in [6.45, 7) is 0.584. The Morgan fingerprint density at radius 1 is 1.52 bits per heavy atom. The molecule has 0 saturated carbocycles. The molecule has 1 aliphatic rings. The number of hydrogen-bond donors (Lipinski definition) is 2. The maximum absolute atomic E-state index is 12.5. The van der Waals surface area contributed by atoms with Crippen LogP contribution in [0.1, 0.15) is 12.8 Å². The Morgan fingerprint density at radius 3 is 3.09 bits per heavy atom. The molecule has 122 valence electrons. The van der Waals surface area contributed by atoms with Crippen LogP contribution in [0.25, 0.3) is 10.9 Å². The van der Waals surface area contributed by atoms with Gasteiger partial charge in [-0.15, -0.1) is 0 Å². The van der Waals surface area contributed by atoms with Crippen molar-refractivity contribution >= 4 is 16.7 Å². The number of ether oxygens (including phenoxy) is 1. The second-order valence-corrected chi connectivity index (χ2v) is 5.67. The van der Waals surface area contributed by atoms with E-state index in [2.05, 4.69) is 10.3 Å². The fourth-order valence-corrected chi connectivity index (χ4v) is 2.84. The lowest BCUT2D eigenvalue weighted by Crippen LogP contribution is -2.51. The molecule has 1 aromatic heterocycles. The van der Waals surface area contributed by atoms with E-state index in [1.807, 2.05) is 0 Å². The lowest BCUT2D eigenvalue weighted by molar-refractivity contribution is -0.125. The Morgan fingerprint density at radius 2 is 2.35 bits per heavy atom. The van der Waals surface area contributed by atoms with Gasteiger partial charge in [-0.1, -0.05) is 0 Å². The number of nitrogens with one attached hydrogen (secondary N) is 1. The monoisotopic (exact) mass is 317 g/mol. The van der Waals surface area contributed by atoms with E-state index in [0.717, 1.165) is 6.42 Å². The average Bonchev–Trinajstić information content (AvgIpc) is 2.57. The van der Waals surface area contributed by atoms with E-state index in [1.54, 1.807) is 25.3 Å². The number of piperidine rings is 1. The first-order valence-electron chi connectivity index (χ1n) is 7.57. The Labute approximate surface area is 132 Å². The quantitative estimate of drug-likeness (QED) is 0.830. The van der Waals surface area contributed by atoms with E-state index >= 15 is 0 Å². The molecule has 1 aromatic carbocycles. The molecule has 3 rings (SSSR count). The highest BCUT2D eigenvalue weighted by Gasteiger charge is 2.29. The van der Waals surface area contributed by atoms with Gasteiger partial charge in [0.2, 0.25) is 0 Å². The van der Waals surface area contributed by atoms with Crippen molar-refractivity contribution in [2.45, 2.75) is 31.5 Å². The van der Waals surface area contributed by atoms with Gasteiger partial charge in [-0.05, 0) is 31.5 Å². The fourth-order valence-electron chi connectivity index (χ4n) is 2.84. The van der Waals surface area contributed by atoms with Crippen molar-refractivity contribution in [3.8, 4) is 5.75 Å². The SMILES string of the molecule is COc1ccc2c(=O)n(CC(=O)[C@H]3NCCC[C@@H]3O)cnc2c1. The van der Waals surface area contributed by atoms with Crippen LogP contribution in [-0.4, -0.2) is 46.2 Å². The number of nitrogens with zero attached hydrogens (tertiary/aromatic N) is 2. The maximum Gasteiger partial charge on any atom is 0.261 e. The zero-order valence-corrected chi connectivity index (χ0v) is 12.9.